The Hall–Kier alpha value is -2.55. The first-order chi connectivity index (χ1) is 13.9. The summed E-state index contributed by atoms with van der Waals surface area (Å²) in [4.78, 5) is 6.53. The summed E-state index contributed by atoms with van der Waals surface area (Å²) in [6, 6.07) is 4.76. The Morgan fingerprint density at radius 1 is 1.45 bits per heavy atom. The quantitative estimate of drug-likeness (QED) is 0.549. The van der Waals surface area contributed by atoms with Gasteiger partial charge in [-0.15, -0.1) is 0 Å². The first-order valence-corrected chi connectivity index (χ1v) is 9.76. The molecule has 0 saturated carbocycles. The number of hydrogen-bond acceptors (Lipinski definition) is 4. The van der Waals surface area contributed by atoms with E-state index in [4.69, 9.17) is 11.6 Å². The van der Waals surface area contributed by atoms with Gasteiger partial charge in [-0.05, 0) is 31.0 Å². The van der Waals surface area contributed by atoms with Gasteiger partial charge in [-0.1, -0.05) is 11.6 Å². The Kier molecular flexibility index (Phi) is 7.13. The van der Waals surface area contributed by atoms with Crippen LogP contribution in [0.5, 0.6) is 5.75 Å². The van der Waals surface area contributed by atoms with Crippen LogP contribution in [0, 0.1) is 0 Å². The largest absolute Gasteiger partial charge is 0.434 e. The topological polar surface area (TPSA) is 66.7 Å². The van der Waals surface area contributed by atoms with Crippen molar-refractivity contribution in [2.75, 3.05) is 25.0 Å². The molecule has 0 aliphatic carbocycles. The van der Waals surface area contributed by atoms with Crippen molar-refractivity contribution in [2.24, 2.45) is 12.0 Å². The minimum atomic E-state index is -2.90. The first-order valence-electron chi connectivity index (χ1n) is 9.38. The molecular formula is C19H25ClF2N6O. The van der Waals surface area contributed by atoms with Gasteiger partial charge in [-0.3, -0.25) is 9.67 Å². The van der Waals surface area contributed by atoms with Crippen LogP contribution in [0.15, 0.2) is 35.6 Å². The summed E-state index contributed by atoms with van der Waals surface area (Å²) in [5, 5.41) is 11.2. The summed E-state index contributed by atoms with van der Waals surface area (Å²) in [6.45, 7) is -0.842. The molecule has 1 aromatic heterocycles. The van der Waals surface area contributed by atoms with E-state index < -0.39 is 6.61 Å². The average Bonchev–Trinajstić information content (AvgIpc) is 3.13. The monoisotopic (exact) mass is 426 g/mol. The van der Waals surface area contributed by atoms with Crippen molar-refractivity contribution in [3.05, 3.63) is 41.2 Å². The zero-order valence-electron chi connectivity index (χ0n) is 16.4. The summed E-state index contributed by atoms with van der Waals surface area (Å²) < 4.78 is 31.6. The third kappa shape index (κ3) is 5.96. The molecule has 7 nitrogen and oxygen atoms in total. The van der Waals surface area contributed by atoms with Crippen LogP contribution in [-0.2, 0) is 13.6 Å². The molecule has 2 heterocycles. The molecule has 1 saturated heterocycles. The molecule has 1 unspecified atom stereocenters. The number of nitrogens with one attached hydrogen (secondary N) is 2. The lowest BCUT2D eigenvalue weighted by molar-refractivity contribution is -0.0504. The van der Waals surface area contributed by atoms with Gasteiger partial charge in [0, 0.05) is 56.6 Å². The van der Waals surface area contributed by atoms with E-state index in [9.17, 15) is 8.78 Å². The molecule has 3 rings (SSSR count). The zero-order chi connectivity index (χ0) is 20.8. The fourth-order valence-corrected chi connectivity index (χ4v) is 3.56. The van der Waals surface area contributed by atoms with Gasteiger partial charge in [0.15, 0.2) is 5.96 Å². The number of aryl methyl sites for hydroxylation is 1. The lowest BCUT2D eigenvalue weighted by Gasteiger charge is -2.34. The number of alkyl halides is 2. The van der Waals surface area contributed by atoms with Crippen LogP contribution >= 0.6 is 11.6 Å². The number of ether oxygens (including phenoxy) is 1. The van der Waals surface area contributed by atoms with E-state index in [0.29, 0.717) is 16.5 Å². The van der Waals surface area contributed by atoms with Crippen LogP contribution in [0.3, 0.4) is 0 Å². The minimum Gasteiger partial charge on any atom is -0.434 e. The number of hydrogen-bond donors (Lipinski definition) is 2. The van der Waals surface area contributed by atoms with Gasteiger partial charge < -0.3 is 20.3 Å². The zero-order valence-corrected chi connectivity index (χ0v) is 17.2. The number of aliphatic imine (C=N–C) groups is 1. The van der Waals surface area contributed by atoms with Gasteiger partial charge in [-0.25, -0.2) is 0 Å². The molecule has 10 heteroatoms. The fraction of sp³-hybridized carbons (Fsp3) is 0.474. The lowest BCUT2D eigenvalue weighted by Crippen LogP contribution is -2.51. The molecule has 2 N–H and O–H groups in total. The molecular weight excluding hydrogens is 402 g/mol. The molecule has 0 radical (unpaired) electrons. The van der Waals surface area contributed by atoms with Crippen LogP contribution in [0.2, 0.25) is 5.02 Å². The number of aromatic nitrogens is 2. The SMILES string of the molecule is CN=C(NCc1cc(Cl)ccc1OC(F)F)NC1CCCN(c2cnn(C)c2)C1. The number of benzene rings is 1. The molecule has 29 heavy (non-hydrogen) atoms. The van der Waals surface area contributed by atoms with E-state index in [1.54, 1.807) is 17.8 Å². The van der Waals surface area contributed by atoms with Gasteiger partial charge in [0.1, 0.15) is 5.75 Å². The van der Waals surface area contributed by atoms with E-state index in [2.05, 4.69) is 30.4 Å². The van der Waals surface area contributed by atoms with Gasteiger partial charge >= 0.3 is 6.61 Å². The molecule has 2 aromatic rings. The van der Waals surface area contributed by atoms with Crippen molar-refractivity contribution in [1.82, 2.24) is 20.4 Å². The highest BCUT2D eigenvalue weighted by Crippen LogP contribution is 2.24. The van der Waals surface area contributed by atoms with Crippen LogP contribution in [-0.4, -0.2) is 48.5 Å². The smallest absolute Gasteiger partial charge is 0.387 e. The second kappa shape index (κ2) is 9.78. The van der Waals surface area contributed by atoms with E-state index in [1.807, 2.05) is 19.4 Å². The summed E-state index contributed by atoms with van der Waals surface area (Å²) in [5.41, 5.74) is 1.62. The maximum absolute atomic E-state index is 12.6. The van der Waals surface area contributed by atoms with E-state index in [0.717, 1.165) is 31.6 Å². The standard InChI is InChI=1S/C19H25ClF2N6O/c1-23-19(24-9-13-8-14(20)5-6-17(13)29-18(21)22)26-15-4-3-7-28(11-15)16-10-25-27(2)12-16/h5-6,8,10,12,15,18H,3-4,7,9,11H2,1-2H3,(H2,23,24,26). The molecule has 1 aromatic carbocycles. The van der Waals surface area contributed by atoms with Crippen molar-refractivity contribution >= 4 is 23.2 Å². The second-order valence-electron chi connectivity index (χ2n) is 6.86. The molecule has 1 aliphatic heterocycles. The number of guanidine groups is 1. The molecule has 0 spiro atoms. The molecule has 1 aliphatic rings. The maximum Gasteiger partial charge on any atom is 0.387 e. The van der Waals surface area contributed by atoms with E-state index in [1.165, 1.54) is 12.1 Å². The number of anilines is 1. The summed E-state index contributed by atoms with van der Waals surface area (Å²) in [5.74, 6) is 0.679. The van der Waals surface area contributed by atoms with Crippen LogP contribution < -0.4 is 20.3 Å². The van der Waals surface area contributed by atoms with Crippen molar-refractivity contribution in [3.8, 4) is 5.75 Å². The second-order valence-corrected chi connectivity index (χ2v) is 7.29. The molecule has 1 atom stereocenters. The lowest BCUT2D eigenvalue weighted by atomic mass is 10.1. The Bertz CT molecular complexity index is 844. The van der Waals surface area contributed by atoms with Crippen molar-refractivity contribution in [3.63, 3.8) is 0 Å². The number of piperidine rings is 1. The Morgan fingerprint density at radius 3 is 2.97 bits per heavy atom. The highest BCUT2D eigenvalue weighted by Gasteiger charge is 2.22. The number of rotatable bonds is 6. The van der Waals surface area contributed by atoms with Gasteiger partial charge in [0.05, 0.1) is 11.9 Å². The third-order valence-electron chi connectivity index (χ3n) is 4.73. The van der Waals surface area contributed by atoms with E-state index >= 15 is 0 Å². The van der Waals surface area contributed by atoms with Crippen LogP contribution in [0.25, 0.3) is 0 Å². The molecule has 1 fully saturated rings. The summed E-state index contributed by atoms with van der Waals surface area (Å²) in [7, 11) is 3.57. The van der Waals surface area contributed by atoms with Crippen molar-refractivity contribution < 1.29 is 13.5 Å². The predicted molar refractivity (Wildman–Crippen MR) is 110 cm³/mol. The van der Waals surface area contributed by atoms with Crippen LogP contribution in [0.4, 0.5) is 14.5 Å². The minimum absolute atomic E-state index is 0.0905. The van der Waals surface area contributed by atoms with Crippen LogP contribution in [0.1, 0.15) is 18.4 Å². The Labute approximate surface area is 173 Å². The average molecular weight is 427 g/mol. The van der Waals surface area contributed by atoms with Gasteiger partial charge in [0.2, 0.25) is 0 Å². The van der Waals surface area contributed by atoms with Crippen molar-refractivity contribution in [1.29, 1.82) is 0 Å². The number of halogens is 3. The molecule has 158 valence electrons. The molecule has 0 bridgehead atoms. The van der Waals surface area contributed by atoms with Crippen molar-refractivity contribution in [2.45, 2.75) is 32.0 Å². The fourth-order valence-electron chi connectivity index (χ4n) is 3.37. The number of nitrogens with zero attached hydrogens (tertiary/aromatic N) is 4. The normalized spacial score (nSPS) is 17.5. The summed E-state index contributed by atoms with van der Waals surface area (Å²) >= 11 is 6.01. The Morgan fingerprint density at radius 2 is 2.28 bits per heavy atom. The van der Waals surface area contributed by atoms with Gasteiger partial charge in [0.25, 0.3) is 0 Å². The van der Waals surface area contributed by atoms with Gasteiger partial charge in [-0.2, -0.15) is 13.9 Å². The highest BCUT2D eigenvalue weighted by molar-refractivity contribution is 6.30. The maximum atomic E-state index is 12.6. The third-order valence-corrected chi connectivity index (χ3v) is 4.96. The predicted octanol–water partition coefficient (Wildman–Crippen LogP) is 3.01. The summed E-state index contributed by atoms with van der Waals surface area (Å²) in [6.07, 6.45) is 5.91. The molecule has 0 amide bonds. The highest BCUT2D eigenvalue weighted by atomic mass is 35.5. The Balaban J connectivity index is 1.59. The first kappa shape index (κ1) is 21.2. The van der Waals surface area contributed by atoms with E-state index in [-0.39, 0.29) is 18.3 Å².